The first-order valence-corrected chi connectivity index (χ1v) is 15.2. The molecule has 208 valence electrons. The number of carbonyl (C=O) groups is 1. The number of nitrogens with one attached hydrogen (secondary N) is 2. The summed E-state index contributed by atoms with van der Waals surface area (Å²) in [5.74, 6) is -0.632. The van der Waals surface area contributed by atoms with Crippen LogP contribution in [0.25, 0.3) is 11.0 Å². The number of ether oxygens (including phenoxy) is 1. The molecule has 6 rings (SSSR count). The van der Waals surface area contributed by atoms with Crippen LogP contribution < -0.4 is 19.8 Å². The second-order valence-electron chi connectivity index (χ2n) is 10.8. The van der Waals surface area contributed by atoms with Crippen molar-refractivity contribution in [3.63, 3.8) is 0 Å². The Kier molecular flexibility index (Phi) is 6.90. The summed E-state index contributed by atoms with van der Waals surface area (Å²) in [6.45, 7) is 3.90. The van der Waals surface area contributed by atoms with E-state index in [1.807, 2.05) is 18.2 Å². The zero-order valence-corrected chi connectivity index (χ0v) is 22.6. The third-order valence-electron chi connectivity index (χ3n) is 8.15. The predicted molar refractivity (Wildman–Crippen MR) is 151 cm³/mol. The van der Waals surface area contributed by atoms with Crippen molar-refractivity contribution in [2.24, 2.45) is 5.41 Å². The molecule has 3 aromatic rings. The molecule has 3 N–H and O–H groups in total. The molecule has 1 aromatic heterocycles. The molecule has 11 heteroatoms. The van der Waals surface area contributed by atoms with Gasteiger partial charge in [0.05, 0.1) is 54.6 Å². The Morgan fingerprint density at radius 3 is 2.41 bits per heavy atom. The van der Waals surface area contributed by atoms with E-state index in [1.165, 1.54) is 12.8 Å². The zero-order valence-electron chi connectivity index (χ0n) is 21.8. The molecular formula is C28H34N4O6S. The van der Waals surface area contributed by atoms with Crippen LogP contribution in [-0.2, 0) is 14.8 Å². The van der Waals surface area contributed by atoms with Crippen LogP contribution in [0, 0.1) is 5.41 Å². The van der Waals surface area contributed by atoms with E-state index in [1.54, 1.807) is 24.5 Å². The van der Waals surface area contributed by atoms with E-state index in [2.05, 4.69) is 19.8 Å². The minimum atomic E-state index is -3.68. The van der Waals surface area contributed by atoms with Crippen molar-refractivity contribution in [1.29, 1.82) is 0 Å². The maximum Gasteiger partial charge on any atom is 0.255 e. The Labute approximate surface area is 228 Å². The van der Waals surface area contributed by atoms with Crippen molar-refractivity contribution in [3.05, 3.63) is 48.2 Å². The van der Waals surface area contributed by atoms with E-state index in [-0.39, 0.29) is 11.7 Å². The highest BCUT2D eigenvalue weighted by Gasteiger charge is 2.44. The summed E-state index contributed by atoms with van der Waals surface area (Å²) in [6.07, 6.45) is 6.34. The molecule has 1 spiro atoms. The van der Waals surface area contributed by atoms with E-state index in [0.29, 0.717) is 35.6 Å². The lowest BCUT2D eigenvalue weighted by atomic mass is 9.93. The summed E-state index contributed by atoms with van der Waals surface area (Å²) < 4.78 is 38.4. The molecule has 1 aliphatic carbocycles. The number of fused-ring (bicyclic) bond motifs is 1. The predicted octanol–water partition coefficient (Wildman–Crippen LogP) is 3.64. The largest absolute Gasteiger partial charge is 0.462 e. The lowest BCUT2D eigenvalue weighted by Crippen LogP contribution is -2.36. The number of hydrogen-bond donors (Lipinski definition) is 3. The second-order valence-corrected chi connectivity index (χ2v) is 12.6. The number of anilines is 4. The molecule has 39 heavy (non-hydrogen) atoms. The van der Waals surface area contributed by atoms with Crippen molar-refractivity contribution in [2.45, 2.75) is 25.7 Å². The summed E-state index contributed by atoms with van der Waals surface area (Å²) in [7, 11) is -3.68. The van der Waals surface area contributed by atoms with E-state index < -0.39 is 16.6 Å². The average molecular weight is 555 g/mol. The number of nitrogens with zero attached hydrogens (tertiary/aromatic N) is 2. The van der Waals surface area contributed by atoms with Gasteiger partial charge in [-0.25, -0.2) is 8.42 Å². The number of morpholine rings is 1. The van der Waals surface area contributed by atoms with Crippen LogP contribution >= 0.6 is 0 Å². The number of amides is 1. The molecule has 3 heterocycles. The van der Waals surface area contributed by atoms with Gasteiger partial charge >= 0.3 is 0 Å². The van der Waals surface area contributed by atoms with Crippen LogP contribution in [0.4, 0.5) is 22.7 Å². The van der Waals surface area contributed by atoms with Crippen LogP contribution in [0.3, 0.4) is 0 Å². The van der Waals surface area contributed by atoms with Crippen LogP contribution in [0.1, 0.15) is 36.0 Å². The molecule has 2 saturated heterocycles. The number of sulfonamides is 1. The SMILES string of the molecule is O=C(Nc1ccc(NS(=O)(=O)CCO)cc1N1CCC2(CC1)CC2)c1cc(N2CCOCC2)c2occc2c1. The molecule has 2 aliphatic heterocycles. The fourth-order valence-electron chi connectivity index (χ4n) is 5.64. The lowest BCUT2D eigenvalue weighted by Gasteiger charge is -2.35. The quantitative estimate of drug-likeness (QED) is 0.386. The fourth-order valence-corrected chi connectivity index (χ4v) is 6.47. The highest BCUT2D eigenvalue weighted by Crippen LogP contribution is 2.54. The molecule has 10 nitrogen and oxygen atoms in total. The first-order chi connectivity index (χ1) is 18.8. The topological polar surface area (TPSA) is 124 Å². The van der Waals surface area contributed by atoms with Gasteiger partial charge < -0.3 is 29.4 Å². The monoisotopic (exact) mass is 554 g/mol. The number of hydrogen-bond acceptors (Lipinski definition) is 8. The van der Waals surface area contributed by atoms with Gasteiger partial charge in [0.1, 0.15) is 0 Å². The van der Waals surface area contributed by atoms with Gasteiger partial charge in [-0.05, 0) is 67.5 Å². The van der Waals surface area contributed by atoms with Crippen LogP contribution in [-0.4, -0.2) is 71.2 Å². The van der Waals surface area contributed by atoms with E-state index in [4.69, 9.17) is 14.3 Å². The highest BCUT2D eigenvalue weighted by atomic mass is 32.2. The maximum absolute atomic E-state index is 13.6. The van der Waals surface area contributed by atoms with Gasteiger partial charge in [-0.1, -0.05) is 0 Å². The molecule has 0 unspecified atom stereocenters. The number of rotatable bonds is 8. The van der Waals surface area contributed by atoms with Crippen molar-refractivity contribution in [3.8, 4) is 0 Å². The first-order valence-electron chi connectivity index (χ1n) is 13.5. The van der Waals surface area contributed by atoms with Gasteiger partial charge in [0, 0.05) is 37.1 Å². The van der Waals surface area contributed by atoms with Gasteiger partial charge in [0.15, 0.2) is 5.58 Å². The molecule has 2 aromatic carbocycles. The Morgan fingerprint density at radius 2 is 1.69 bits per heavy atom. The fraction of sp³-hybridized carbons (Fsp3) is 0.464. The summed E-state index contributed by atoms with van der Waals surface area (Å²) in [6, 6.07) is 10.7. The normalized spacial score (nSPS) is 18.9. The van der Waals surface area contributed by atoms with Crippen LogP contribution in [0.2, 0.25) is 0 Å². The van der Waals surface area contributed by atoms with E-state index in [0.717, 1.165) is 61.4 Å². The number of carbonyl (C=O) groups excluding carboxylic acids is 1. The Bertz CT molecular complexity index is 1470. The van der Waals surface area contributed by atoms with Gasteiger partial charge in [-0.15, -0.1) is 0 Å². The number of furan rings is 1. The van der Waals surface area contributed by atoms with Crippen molar-refractivity contribution in [2.75, 3.05) is 71.6 Å². The maximum atomic E-state index is 13.6. The average Bonchev–Trinajstić information content (AvgIpc) is 3.50. The Balaban J connectivity index is 1.30. The molecule has 0 bridgehead atoms. The minimum absolute atomic E-state index is 0.252. The van der Waals surface area contributed by atoms with Crippen molar-refractivity contribution >= 4 is 49.6 Å². The molecular weight excluding hydrogens is 520 g/mol. The van der Waals surface area contributed by atoms with Gasteiger partial charge in [0.2, 0.25) is 10.0 Å². The minimum Gasteiger partial charge on any atom is -0.462 e. The van der Waals surface area contributed by atoms with Crippen molar-refractivity contribution in [1.82, 2.24) is 0 Å². The van der Waals surface area contributed by atoms with Gasteiger partial charge in [0.25, 0.3) is 5.91 Å². The third kappa shape index (κ3) is 5.57. The number of aliphatic hydroxyl groups is 1. The molecule has 1 amide bonds. The van der Waals surface area contributed by atoms with Crippen LogP contribution in [0.15, 0.2) is 47.1 Å². The summed E-state index contributed by atoms with van der Waals surface area (Å²) in [4.78, 5) is 18.0. The molecule has 3 aliphatic rings. The Morgan fingerprint density at radius 1 is 0.949 bits per heavy atom. The van der Waals surface area contributed by atoms with E-state index in [9.17, 15) is 13.2 Å². The molecule has 0 radical (unpaired) electrons. The van der Waals surface area contributed by atoms with Crippen LogP contribution in [0.5, 0.6) is 0 Å². The third-order valence-corrected chi connectivity index (χ3v) is 9.41. The number of piperidine rings is 1. The Hall–Kier alpha value is -3.28. The summed E-state index contributed by atoms with van der Waals surface area (Å²) in [5, 5.41) is 13.1. The number of aliphatic hydroxyl groups excluding tert-OH is 1. The van der Waals surface area contributed by atoms with Crippen molar-refractivity contribution < 1.29 is 27.5 Å². The lowest BCUT2D eigenvalue weighted by molar-refractivity contribution is 0.102. The second kappa shape index (κ2) is 10.4. The first kappa shape index (κ1) is 26.0. The molecule has 3 fully saturated rings. The molecule has 0 atom stereocenters. The van der Waals surface area contributed by atoms with Gasteiger partial charge in [-0.2, -0.15) is 0 Å². The van der Waals surface area contributed by atoms with E-state index >= 15 is 0 Å². The smallest absolute Gasteiger partial charge is 0.255 e. The summed E-state index contributed by atoms with van der Waals surface area (Å²) in [5.41, 5.74) is 4.40. The standard InChI is InChI=1S/C28H34N4O6S/c33-12-16-39(35,36)30-22-1-2-23(24(19-22)31-8-6-28(4-5-28)7-9-31)29-27(34)21-17-20-3-13-38-26(20)25(18-21)32-10-14-37-15-11-32/h1-3,13,17-19,30,33H,4-12,14-16H2,(H,29,34). The zero-order chi connectivity index (χ0) is 27.0. The summed E-state index contributed by atoms with van der Waals surface area (Å²) >= 11 is 0. The highest BCUT2D eigenvalue weighted by molar-refractivity contribution is 7.92. The molecule has 1 saturated carbocycles. The number of benzene rings is 2. The van der Waals surface area contributed by atoms with Gasteiger partial charge in [-0.3, -0.25) is 9.52 Å².